The zero-order chi connectivity index (χ0) is 20.1. The van der Waals surface area contributed by atoms with E-state index in [1.807, 2.05) is 48.5 Å². The summed E-state index contributed by atoms with van der Waals surface area (Å²) in [6.45, 7) is 1.21. The molecular formula is C24H22N2O3. The molecule has 146 valence electrons. The van der Waals surface area contributed by atoms with Crippen LogP contribution in [-0.4, -0.2) is 23.3 Å². The largest absolute Gasteiger partial charge is 0.457 e. The van der Waals surface area contributed by atoms with Crippen LogP contribution in [0.25, 0.3) is 0 Å². The number of fused-ring (bicyclic) bond motifs is 1. The van der Waals surface area contributed by atoms with Crippen LogP contribution in [0.3, 0.4) is 0 Å². The van der Waals surface area contributed by atoms with Crippen molar-refractivity contribution in [3.8, 4) is 11.5 Å². The Morgan fingerprint density at radius 3 is 2.24 bits per heavy atom. The Morgan fingerprint density at radius 2 is 1.48 bits per heavy atom. The highest BCUT2D eigenvalue weighted by molar-refractivity contribution is 6.03. The Morgan fingerprint density at radius 1 is 0.828 bits per heavy atom. The third-order valence-corrected chi connectivity index (χ3v) is 4.91. The van der Waals surface area contributed by atoms with Gasteiger partial charge in [0, 0.05) is 18.8 Å². The predicted octanol–water partition coefficient (Wildman–Crippen LogP) is 4.39. The summed E-state index contributed by atoms with van der Waals surface area (Å²) in [5.74, 6) is 0.960. The number of para-hydroxylation sites is 1. The highest BCUT2D eigenvalue weighted by Gasteiger charge is 2.22. The second-order valence-corrected chi connectivity index (χ2v) is 7.00. The quantitative estimate of drug-likeness (QED) is 0.662. The number of carbonyl (C=O) groups is 2. The Bertz CT molecular complexity index is 1000. The number of ether oxygens (including phenoxy) is 1. The van der Waals surface area contributed by atoms with Crippen LogP contribution in [0.2, 0.25) is 0 Å². The number of nitrogens with zero attached hydrogens (tertiary/aromatic N) is 1. The Labute approximate surface area is 169 Å². The molecule has 0 unspecified atom stereocenters. The minimum atomic E-state index is -0.314. The summed E-state index contributed by atoms with van der Waals surface area (Å²) in [7, 11) is 0. The Balaban J connectivity index is 1.30. The summed E-state index contributed by atoms with van der Waals surface area (Å²) >= 11 is 0. The van der Waals surface area contributed by atoms with Crippen molar-refractivity contribution in [2.24, 2.45) is 0 Å². The SMILES string of the molecule is O=C(CC(=O)N1CCc2ccccc2C1)Nc1ccc(Oc2ccccc2)cc1. The Hall–Kier alpha value is -3.60. The highest BCUT2D eigenvalue weighted by atomic mass is 16.5. The monoisotopic (exact) mass is 386 g/mol. The number of carbonyl (C=O) groups excluding carboxylic acids is 2. The summed E-state index contributed by atoms with van der Waals surface area (Å²) in [4.78, 5) is 26.6. The molecule has 0 saturated heterocycles. The van der Waals surface area contributed by atoms with Crippen LogP contribution in [0.15, 0.2) is 78.9 Å². The van der Waals surface area contributed by atoms with Crippen molar-refractivity contribution < 1.29 is 14.3 Å². The maximum absolute atomic E-state index is 12.5. The average Bonchev–Trinajstić information content (AvgIpc) is 2.75. The van der Waals surface area contributed by atoms with E-state index in [0.29, 0.717) is 24.5 Å². The predicted molar refractivity (Wildman–Crippen MR) is 112 cm³/mol. The van der Waals surface area contributed by atoms with E-state index in [2.05, 4.69) is 11.4 Å². The molecule has 2 amide bonds. The van der Waals surface area contributed by atoms with Crippen molar-refractivity contribution in [3.63, 3.8) is 0 Å². The van der Waals surface area contributed by atoms with Crippen LogP contribution in [-0.2, 0) is 22.6 Å². The molecule has 5 heteroatoms. The number of amides is 2. The lowest BCUT2D eigenvalue weighted by Crippen LogP contribution is -2.37. The summed E-state index contributed by atoms with van der Waals surface area (Å²) < 4.78 is 5.74. The van der Waals surface area contributed by atoms with E-state index in [0.717, 1.165) is 17.7 Å². The number of anilines is 1. The zero-order valence-electron chi connectivity index (χ0n) is 16.0. The minimum Gasteiger partial charge on any atom is -0.457 e. The molecule has 29 heavy (non-hydrogen) atoms. The van der Waals surface area contributed by atoms with Crippen LogP contribution >= 0.6 is 0 Å². The van der Waals surface area contributed by atoms with Gasteiger partial charge < -0.3 is 15.0 Å². The smallest absolute Gasteiger partial charge is 0.233 e. The van der Waals surface area contributed by atoms with Gasteiger partial charge in [0.25, 0.3) is 0 Å². The standard InChI is InChI=1S/C24H22N2O3/c27-23(16-24(28)26-15-14-18-6-4-5-7-19(18)17-26)25-20-10-12-22(13-11-20)29-21-8-2-1-3-9-21/h1-13H,14-17H2,(H,25,27). The second kappa shape index (κ2) is 8.61. The maximum Gasteiger partial charge on any atom is 0.233 e. The van der Waals surface area contributed by atoms with Gasteiger partial charge in [-0.05, 0) is 53.9 Å². The lowest BCUT2D eigenvalue weighted by atomic mass is 10.00. The van der Waals surface area contributed by atoms with E-state index in [-0.39, 0.29) is 18.2 Å². The summed E-state index contributed by atoms with van der Waals surface area (Å²) in [5.41, 5.74) is 3.06. The van der Waals surface area contributed by atoms with Gasteiger partial charge in [-0.2, -0.15) is 0 Å². The zero-order valence-corrected chi connectivity index (χ0v) is 16.0. The van der Waals surface area contributed by atoms with E-state index in [1.165, 1.54) is 5.56 Å². The van der Waals surface area contributed by atoms with Crippen LogP contribution in [0.4, 0.5) is 5.69 Å². The van der Waals surface area contributed by atoms with Gasteiger partial charge in [-0.1, -0.05) is 42.5 Å². The van der Waals surface area contributed by atoms with Gasteiger partial charge in [-0.3, -0.25) is 9.59 Å². The third kappa shape index (κ3) is 4.82. The van der Waals surface area contributed by atoms with E-state index >= 15 is 0 Å². The fourth-order valence-electron chi connectivity index (χ4n) is 3.39. The molecule has 0 bridgehead atoms. The molecule has 0 aliphatic carbocycles. The molecule has 3 aromatic carbocycles. The number of hydrogen-bond donors (Lipinski definition) is 1. The average molecular weight is 386 g/mol. The first-order chi connectivity index (χ1) is 14.2. The van der Waals surface area contributed by atoms with Gasteiger partial charge in [0.05, 0.1) is 0 Å². The van der Waals surface area contributed by atoms with Gasteiger partial charge in [-0.15, -0.1) is 0 Å². The molecule has 1 aliphatic rings. The molecule has 0 saturated carbocycles. The first-order valence-electron chi connectivity index (χ1n) is 9.65. The molecule has 0 radical (unpaired) electrons. The van der Waals surface area contributed by atoms with E-state index in [1.54, 1.807) is 29.2 Å². The Kier molecular flexibility index (Phi) is 5.56. The lowest BCUT2D eigenvalue weighted by Gasteiger charge is -2.28. The van der Waals surface area contributed by atoms with Crippen LogP contribution in [0.5, 0.6) is 11.5 Å². The molecule has 5 nitrogen and oxygen atoms in total. The topological polar surface area (TPSA) is 58.6 Å². The summed E-state index contributed by atoms with van der Waals surface area (Å²) in [6.07, 6.45) is 0.664. The van der Waals surface area contributed by atoms with Crippen molar-refractivity contribution >= 4 is 17.5 Å². The minimum absolute atomic E-state index is 0.152. The maximum atomic E-state index is 12.5. The van der Waals surface area contributed by atoms with Crippen LogP contribution in [0.1, 0.15) is 17.5 Å². The molecule has 0 spiro atoms. The van der Waals surface area contributed by atoms with Crippen molar-refractivity contribution in [2.45, 2.75) is 19.4 Å². The molecule has 0 fully saturated rings. The summed E-state index contributed by atoms with van der Waals surface area (Å²) in [6, 6.07) is 24.7. The number of nitrogens with one attached hydrogen (secondary N) is 1. The van der Waals surface area contributed by atoms with Crippen molar-refractivity contribution in [1.82, 2.24) is 4.90 Å². The lowest BCUT2D eigenvalue weighted by molar-refractivity contribution is -0.135. The van der Waals surface area contributed by atoms with Crippen molar-refractivity contribution in [3.05, 3.63) is 90.0 Å². The summed E-state index contributed by atoms with van der Waals surface area (Å²) in [5, 5.41) is 2.78. The molecular weight excluding hydrogens is 364 g/mol. The highest BCUT2D eigenvalue weighted by Crippen LogP contribution is 2.23. The van der Waals surface area contributed by atoms with Gasteiger partial charge in [-0.25, -0.2) is 0 Å². The molecule has 0 atom stereocenters. The molecule has 1 heterocycles. The van der Waals surface area contributed by atoms with Gasteiger partial charge in [0.2, 0.25) is 11.8 Å². The third-order valence-electron chi connectivity index (χ3n) is 4.91. The fraction of sp³-hybridized carbons (Fsp3) is 0.167. The van der Waals surface area contributed by atoms with E-state index in [9.17, 15) is 9.59 Å². The van der Waals surface area contributed by atoms with E-state index < -0.39 is 0 Å². The number of benzene rings is 3. The second-order valence-electron chi connectivity index (χ2n) is 7.00. The first-order valence-corrected chi connectivity index (χ1v) is 9.65. The molecule has 4 rings (SSSR count). The molecule has 1 aliphatic heterocycles. The van der Waals surface area contributed by atoms with Gasteiger partial charge in [0.1, 0.15) is 17.9 Å². The molecule has 1 N–H and O–H groups in total. The molecule has 0 aromatic heterocycles. The van der Waals surface area contributed by atoms with Crippen LogP contribution in [0, 0.1) is 0 Å². The van der Waals surface area contributed by atoms with Gasteiger partial charge >= 0.3 is 0 Å². The van der Waals surface area contributed by atoms with E-state index in [4.69, 9.17) is 4.74 Å². The normalized spacial score (nSPS) is 12.8. The first kappa shape index (κ1) is 18.7. The number of hydrogen-bond acceptors (Lipinski definition) is 3. The van der Waals surface area contributed by atoms with Gasteiger partial charge in [0.15, 0.2) is 0 Å². The van der Waals surface area contributed by atoms with Crippen molar-refractivity contribution in [2.75, 3.05) is 11.9 Å². The van der Waals surface area contributed by atoms with Crippen molar-refractivity contribution in [1.29, 1.82) is 0 Å². The van der Waals surface area contributed by atoms with Crippen LogP contribution < -0.4 is 10.1 Å². The molecule has 3 aromatic rings. The number of rotatable bonds is 5. The fourth-order valence-corrected chi connectivity index (χ4v) is 3.39.